The summed E-state index contributed by atoms with van der Waals surface area (Å²) in [4.78, 5) is 0. The Morgan fingerprint density at radius 1 is 1.25 bits per heavy atom. The molecule has 0 aliphatic heterocycles. The summed E-state index contributed by atoms with van der Waals surface area (Å²) in [5, 5.41) is 3.59. The van der Waals surface area contributed by atoms with Crippen LogP contribution in [0.5, 0.6) is 0 Å². The zero-order chi connectivity index (χ0) is 11.6. The number of ether oxygens (including phenoxy) is 1. The Kier molecular flexibility index (Phi) is 8.26. The largest absolute Gasteiger partial charge is 0.380 e. The van der Waals surface area contributed by atoms with Gasteiger partial charge in [0.1, 0.15) is 0 Å². The average Bonchev–Trinajstić information content (AvgIpc) is 2.34. The van der Waals surface area contributed by atoms with Gasteiger partial charge in [0.25, 0.3) is 0 Å². The van der Waals surface area contributed by atoms with Crippen LogP contribution in [0.15, 0.2) is 0 Å². The third kappa shape index (κ3) is 5.51. The summed E-state index contributed by atoms with van der Waals surface area (Å²) < 4.78 is 5.54. The van der Waals surface area contributed by atoms with E-state index in [0.717, 1.165) is 25.6 Å². The molecule has 1 saturated carbocycles. The first-order valence-electron chi connectivity index (χ1n) is 6.75. The second-order valence-corrected chi connectivity index (χ2v) is 5.03. The van der Waals surface area contributed by atoms with Crippen molar-refractivity contribution in [3.05, 3.63) is 0 Å². The third-order valence-corrected chi connectivity index (χ3v) is 3.80. The fourth-order valence-electron chi connectivity index (χ4n) is 2.33. The number of hydrogen-bond acceptors (Lipinski definition) is 2. The maximum Gasteiger partial charge on any atom is 0.0591 e. The van der Waals surface area contributed by atoms with Gasteiger partial charge in [-0.3, -0.25) is 0 Å². The van der Waals surface area contributed by atoms with E-state index in [2.05, 4.69) is 12.2 Å². The molecule has 16 heavy (non-hydrogen) atoms. The van der Waals surface area contributed by atoms with Crippen LogP contribution in [0.3, 0.4) is 0 Å². The quantitative estimate of drug-likeness (QED) is 0.526. The standard InChI is InChI=1S/C13H26ClNO/c1-2-3-9-16-10-8-15-13-7-5-4-6-12(13)11-14/h12-13,15H,2-11H2,1H3. The fraction of sp³-hybridized carbons (Fsp3) is 1.00. The number of alkyl halides is 1. The van der Waals surface area contributed by atoms with Gasteiger partial charge in [-0.15, -0.1) is 11.6 Å². The lowest BCUT2D eigenvalue weighted by Gasteiger charge is -2.31. The van der Waals surface area contributed by atoms with Crippen LogP contribution in [0.25, 0.3) is 0 Å². The highest BCUT2D eigenvalue weighted by Crippen LogP contribution is 2.25. The molecule has 0 saturated heterocycles. The Labute approximate surface area is 105 Å². The van der Waals surface area contributed by atoms with E-state index < -0.39 is 0 Å². The van der Waals surface area contributed by atoms with Crippen LogP contribution in [0.4, 0.5) is 0 Å². The van der Waals surface area contributed by atoms with Gasteiger partial charge in [0.15, 0.2) is 0 Å². The third-order valence-electron chi connectivity index (χ3n) is 3.40. The molecule has 1 fully saturated rings. The van der Waals surface area contributed by atoms with Gasteiger partial charge in [-0.25, -0.2) is 0 Å². The van der Waals surface area contributed by atoms with Crippen molar-refractivity contribution < 1.29 is 4.74 Å². The highest BCUT2D eigenvalue weighted by atomic mass is 35.5. The number of rotatable bonds is 8. The van der Waals surface area contributed by atoms with Crippen LogP contribution >= 0.6 is 11.6 Å². The van der Waals surface area contributed by atoms with Crippen molar-refractivity contribution in [2.75, 3.05) is 25.6 Å². The monoisotopic (exact) mass is 247 g/mol. The van der Waals surface area contributed by atoms with Crippen LogP contribution in [-0.4, -0.2) is 31.7 Å². The molecule has 96 valence electrons. The van der Waals surface area contributed by atoms with Crippen molar-refractivity contribution in [3.8, 4) is 0 Å². The van der Waals surface area contributed by atoms with E-state index in [4.69, 9.17) is 16.3 Å². The highest BCUT2D eigenvalue weighted by molar-refractivity contribution is 6.18. The van der Waals surface area contributed by atoms with Gasteiger partial charge < -0.3 is 10.1 Å². The molecule has 1 rings (SSSR count). The number of nitrogens with one attached hydrogen (secondary N) is 1. The lowest BCUT2D eigenvalue weighted by atomic mass is 9.86. The summed E-state index contributed by atoms with van der Waals surface area (Å²) in [7, 11) is 0. The van der Waals surface area contributed by atoms with Gasteiger partial charge in [-0.2, -0.15) is 0 Å². The Bertz CT molecular complexity index is 166. The molecule has 2 nitrogen and oxygen atoms in total. The number of halogens is 1. The molecule has 0 amide bonds. The van der Waals surface area contributed by atoms with Crippen molar-refractivity contribution in [3.63, 3.8) is 0 Å². The maximum atomic E-state index is 5.99. The van der Waals surface area contributed by atoms with Gasteiger partial charge in [0, 0.05) is 25.1 Å². The van der Waals surface area contributed by atoms with Gasteiger partial charge in [0.05, 0.1) is 6.61 Å². The fourth-order valence-corrected chi connectivity index (χ4v) is 2.70. The predicted octanol–water partition coefficient (Wildman–Crippen LogP) is 3.19. The summed E-state index contributed by atoms with van der Waals surface area (Å²) in [5.74, 6) is 1.47. The molecular formula is C13H26ClNO. The summed E-state index contributed by atoms with van der Waals surface area (Å²) >= 11 is 5.99. The maximum absolute atomic E-state index is 5.99. The van der Waals surface area contributed by atoms with Crippen LogP contribution in [0.2, 0.25) is 0 Å². The van der Waals surface area contributed by atoms with Crippen molar-refractivity contribution in [2.45, 2.75) is 51.5 Å². The lowest BCUT2D eigenvalue weighted by molar-refractivity contribution is 0.126. The molecule has 0 bridgehead atoms. The predicted molar refractivity (Wildman–Crippen MR) is 70.2 cm³/mol. The van der Waals surface area contributed by atoms with E-state index in [1.54, 1.807) is 0 Å². The topological polar surface area (TPSA) is 21.3 Å². The minimum Gasteiger partial charge on any atom is -0.380 e. The van der Waals surface area contributed by atoms with Gasteiger partial charge in [0.2, 0.25) is 0 Å². The second-order valence-electron chi connectivity index (χ2n) is 4.73. The zero-order valence-electron chi connectivity index (χ0n) is 10.5. The average molecular weight is 248 g/mol. The molecular weight excluding hydrogens is 222 g/mol. The second kappa shape index (κ2) is 9.26. The summed E-state index contributed by atoms with van der Waals surface area (Å²) in [6.07, 6.45) is 7.66. The molecule has 1 aliphatic rings. The van der Waals surface area contributed by atoms with Crippen molar-refractivity contribution in [2.24, 2.45) is 5.92 Å². The molecule has 1 aliphatic carbocycles. The molecule has 1 N–H and O–H groups in total. The highest BCUT2D eigenvalue weighted by Gasteiger charge is 2.23. The van der Waals surface area contributed by atoms with E-state index in [0.29, 0.717) is 12.0 Å². The van der Waals surface area contributed by atoms with Gasteiger partial charge >= 0.3 is 0 Å². The van der Waals surface area contributed by atoms with Crippen molar-refractivity contribution in [1.29, 1.82) is 0 Å². The Morgan fingerprint density at radius 2 is 2.06 bits per heavy atom. The lowest BCUT2D eigenvalue weighted by Crippen LogP contribution is -2.40. The van der Waals surface area contributed by atoms with Crippen LogP contribution in [0.1, 0.15) is 45.4 Å². The zero-order valence-corrected chi connectivity index (χ0v) is 11.3. The molecule has 3 heteroatoms. The molecule has 2 unspecified atom stereocenters. The molecule has 0 aromatic rings. The number of hydrogen-bond donors (Lipinski definition) is 1. The minimum absolute atomic E-state index is 0.626. The van der Waals surface area contributed by atoms with E-state index in [1.807, 2.05) is 0 Å². The molecule has 0 spiro atoms. The van der Waals surface area contributed by atoms with Gasteiger partial charge in [-0.05, 0) is 25.2 Å². The first-order chi connectivity index (χ1) is 7.88. The SMILES string of the molecule is CCCCOCCNC1CCCCC1CCl. The Morgan fingerprint density at radius 3 is 2.81 bits per heavy atom. The molecule has 0 heterocycles. The van der Waals surface area contributed by atoms with Crippen molar-refractivity contribution >= 4 is 11.6 Å². The van der Waals surface area contributed by atoms with Crippen molar-refractivity contribution in [1.82, 2.24) is 5.32 Å². The van der Waals surface area contributed by atoms with E-state index in [1.165, 1.54) is 38.5 Å². The van der Waals surface area contributed by atoms with Crippen LogP contribution < -0.4 is 5.32 Å². The van der Waals surface area contributed by atoms with Crippen LogP contribution in [-0.2, 0) is 4.74 Å². The molecule has 0 aromatic heterocycles. The Balaban J connectivity index is 2.02. The molecule has 0 radical (unpaired) electrons. The summed E-state index contributed by atoms with van der Waals surface area (Å²) in [6.45, 7) is 4.91. The van der Waals surface area contributed by atoms with E-state index in [-0.39, 0.29) is 0 Å². The Hall–Kier alpha value is 0.210. The summed E-state index contributed by atoms with van der Waals surface area (Å²) in [6, 6.07) is 0.626. The van der Waals surface area contributed by atoms with Crippen LogP contribution in [0, 0.1) is 5.92 Å². The normalized spacial score (nSPS) is 25.9. The first-order valence-corrected chi connectivity index (χ1v) is 7.29. The molecule has 2 atom stereocenters. The smallest absolute Gasteiger partial charge is 0.0591 e. The summed E-state index contributed by atoms with van der Waals surface area (Å²) in [5.41, 5.74) is 0. The van der Waals surface area contributed by atoms with E-state index in [9.17, 15) is 0 Å². The van der Waals surface area contributed by atoms with E-state index >= 15 is 0 Å². The molecule has 0 aromatic carbocycles. The first kappa shape index (κ1) is 14.3. The number of unbranched alkanes of at least 4 members (excludes halogenated alkanes) is 1. The van der Waals surface area contributed by atoms with Gasteiger partial charge in [-0.1, -0.05) is 26.2 Å². The minimum atomic E-state index is 0.626.